The molecule has 0 fully saturated rings. The maximum absolute atomic E-state index is 4.76. The van der Waals surface area contributed by atoms with Gasteiger partial charge in [-0.2, -0.15) is 0 Å². The van der Waals surface area contributed by atoms with E-state index in [4.69, 9.17) is 4.98 Å². The van der Waals surface area contributed by atoms with Gasteiger partial charge in [0.1, 0.15) is 0 Å². The molecule has 0 amide bonds. The van der Waals surface area contributed by atoms with Crippen LogP contribution in [0.5, 0.6) is 0 Å². The molecule has 1 aromatic carbocycles. The maximum atomic E-state index is 4.76. The van der Waals surface area contributed by atoms with E-state index in [-0.39, 0.29) is 17.1 Å². The van der Waals surface area contributed by atoms with Crippen LogP contribution in [0.1, 0.15) is 22.8 Å². The van der Waals surface area contributed by atoms with E-state index in [0.29, 0.717) is 0 Å². The molecule has 0 saturated carbocycles. The first-order chi connectivity index (χ1) is 14.8. The van der Waals surface area contributed by atoms with Crippen LogP contribution < -0.4 is 0 Å². The summed E-state index contributed by atoms with van der Waals surface area (Å²) in [7, 11) is 0. The third kappa shape index (κ3) is 3.89. The third-order valence-corrected chi connectivity index (χ3v) is 5.25. The van der Waals surface area contributed by atoms with Gasteiger partial charge in [-0.1, -0.05) is 30.3 Å². The molecule has 150 valence electrons. The van der Waals surface area contributed by atoms with Gasteiger partial charge in [-0.3, -0.25) is 0 Å². The summed E-state index contributed by atoms with van der Waals surface area (Å²) in [6.07, 6.45) is 8.10. The SMILES string of the molecule is C1=Cc2cc3ccc(cc4cc(-c5ccccc5)c(cc5nc(cc1n2)C=C5)[nH]4)[nH]3.[Fe]. The summed E-state index contributed by atoms with van der Waals surface area (Å²) in [4.78, 5) is 16.4. The Morgan fingerprint density at radius 2 is 1.13 bits per heavy atom. The predicted octanol–water partition coefficient (Wildman–Crippen LogP) is 6.32. The minimum atomic E-state index is 0. The molecule has 0 aliphatic carbocycles. The molecule has 4 aromatic rings. The number of aromatic amines is 2. The fourth-order valence-corrected chi connectivity index (χ4v) is 3.87. The number of hydrogen-bond acceptors (Lipinski definition) is 2. The zero-order valence-corrected chi connectivity index (χ0v) is 17.6. The molecule has 0 radical (unpaired) electrons. The normalized spacial score (nSPS) is 12.0. The zero-order valence-electron chi connectivity index (χ0n) is 16.5. The van der Waals surface area contributed by atoms with Crippen LogP contribution in [0.25, 0.3) is 57.5 Å². The van der Waals surface area contributed by atoms with Crippen molar-refractivity contribution in [2.45, 2.75) is 0 Å². The molecule has 31 heavy (non-hydrogen) atoms. The Hall–Kier alpha value is -3.66. The minimum Gasteiger partial charge on any atom is -0.355 e. The van der Waals surface area contributed by atoms with Crippen LogP contribution in [-0.4, -0.2) is 19.9 Å². The van der Waals surface area contributed by atoms with Gasteiger partial charge in [0.15, 0.2) is 0 Å². The molecule has 2 aliphatic heterocycles. The summed E-state index contributed by atoms with van der Waals surface area (Å²) in [6, 6.07) is 25.0. The second-order valence-corrected chi connectivity index (χ2v) is 7.45. The smallest absolute Gasteiger partial charge is 0.0659 e. The minimum absolute atomic E-state index is 0. The second-order valence-electron chi connectivity index (χ2n) is 7.45. The largest absolute Gasteiger partial charge is 0.355 e. The van der Waals surface area contributed by atoms with Crippen molar-refractivity contribution in [1.29, 1.82) is 0 Å². The monoisotopic (exact) mass is 442 g/mol. The van der Waals surface area contributed by atoms with E-state index in [0.717, 1.165) is 50.4 Å². The van der Waals surface area contributed by atoms with Crippen molar-refractivity contribution < 1.29 is 17.1 Å². The van der Waals surface area contributed by atoms with Gasteiger partial charge >= 0.3 is 0 Å². The Kier molecular flexibility index (Phi) is 4.91. The van der Waals surface area contributed by atoms with Crippen LogP contribution in [0.4, 0.5) is 0 Å². The van der Waals surface area contributed by atoms with E-state index >= 15 is 0 Å². The molecule has 0 spiro atoms. The molecule has 0 saturated heterocycles. The molecule has 8 bridgehead atoms. The van der Waals surface area contributed by atoms with Crippen molar-refractivity contribution in [3.05, 3.63) is 95.6 Å². The Balaban J connectivity index is 0.00000204. The van der Waals surface area contributed by atoms with E-state index in [1.807, 2.05) is 42.5 Å². The van der Waals surface area contributed by atoms with E-state index in [9.17, 15) is 0 Å². The second kappa shape index (κ2) is 7.88. The Morgan fingerprint density at radius 1 is 0.516 bits per heavy atom. The molecule has 0 unspecified atom stereocenters. The molecule has 3 aromatic heterocycles. The molecule has 2 aliphatic rings. The molecule has 2 N–H and O–H groups in total. The van der Waals surface area contributed by atoms with Gasteiger partial charge in [0.05, 0.1) is 22.8 Å². The number of H-pyrrole nitrogens is 2. The topological polar surface area (TPSA) is 57.4 Å². The summed E-state index contributed by atoms with van der Waals surface area (Å²) in [5.41, 5.74) is 10.1. The number of nitrogens with one attached hydrogen (secondary N) is 2. The summed E-state index contributed by atoms with van der Waals surface area (Å²) < 4.78 is 0. The van der Waals surface area contributed by atoms with E-state index in [2.05, 4.69) is 69.5 Å². The maximum Gasteiger partial charge on any atom is 0.0659 e. The molecular weight excluding hydrogens is 424 g/mol. The summed E-state index contributed by atoms with van der Waals surface area (Å²) in [5.74, 6) is 0. The fraction of sp³-hybridized carbons (Fsp3) is 0. The van der Waals surface area contributed by atoms with Crippen LogP contribution in [-0.2, 0) is 17.1 Å². The summed E-state index contributed by atoms with van der Waals surface area (Å²) in [5, 5.41) is 0. The van der Waals surface area contributed by atoms with E-state index in [1.54, 1.807) is 0 Å². The van der Waals surface area contributed by atoms with Crippen LogP contribution in [0.15, 0.2) is 72.8 Å². The van der Waals surface area contributed by atoms with Gasteiger partial charge < -0.3 is 9.97 Å². The molecule has 4 nitrogen and oxygen atoms in total. The van der Waals surface area contributed by atoms with Crippen molar-refractivity contribution in [2.24, 2.45) is 0 Å². The standard InChI is InChI=1S/C26H18N4.Fe/c1-2-4-17(5-3-1)25-15-24-14-22-9-8-20(28-22)12-18-6-7-19(27-18)13-21-10-11-23(29-21)16-26(25)30-24;/h1-16,28,30H;. The fourth-order valence-electron chi connectivity index (χ4n) is 3.87. The number of nitrogens with zero attached hydrogens (tertiary/aromatic N) is 2. The van der Waals surface area contributed by atoms with E-state index < -0.39 is 0 Å². The molecule has 5 heterocycles. The van der Waals surface area contributed by atoms with E-state index in [1.165, 1.54) is 5.56 Å². The van der Waals surface area contributed by atoms with Crippen molar-refractivity contribution in [3.8, 4) is 11.1 Å². The van der Waals surface area contributed by atoms with Crippen molar-refractivity contribution >= 4 is 46.4 Å². The van der Waals surface area contributed by atoms with Gasteiger partial charge in [-0.25, -0.2) is 9.97 Å². The number of hydrogen-bond donors (Lipinski definition) is 2. The van der Waals surface area contributed by atoms with Gasteiger partial charge in [-0.15, -0.1) is 0 Å². The Morgan fingerprint density at radius 3 is 1.84 bits per heavy atom. The van der Waals surface area contributed by atoms with Gasteiger partial charge in [0.2, 0.25) is 0 Å². The van der Waals surface area contributed by atoms with Crippen LogP contribution >= 0.6 is 0 Å². The Labute approximate surface area is 189 Å². The first-order valence-electron chi connectivity index (χ1n) is 9.92. The first kappa shape index (κ1) is 19.3. The Bertz CT molecular complexity index is 1490. The van der Waals surface area contributed by atoms with Gasteiger partial charge in [0.25, 0.3) is 0 Å². The summed E-state index contributed by atoms with van der Waals surface area (Å²) in [6.45, 7) is 0. The average Bonchev–Trinajstić information content (AvgIpc) is 3.53. The summed E-state index contributed by atoms with van der Waals surface area (Å²) >= 11 is 0. The van der Waals surface area contributed by atoms with Crippen molar-refractivity contribution in [1.82, 2.24) is 19.9 Å². The predicted molar refractivity (Wildman–Crippen MR) is 124 cm³/mol. The number of benzene rings is 1. The van der Waals surface area contributed by atoms with Gasteiger partial charge in [0, 0.05) is 44.7 Å². The number of rotatable bonds is 1. The average molecular weight is 442 g/mol. The van der Waals surface area contributed by atoms with Crippen LogP contribution in [0.3, 0.4) is 0 Å². The molecule has 5 heteroatoms. The van der Waals surface area contributed by atoms with Crippen molar-refractivity contribution in [3.63, 3.8) is 0 Å². The van der Waals surface area contributed by atoms with Crippen LogP contribution in [0.2, 0.25) is 0 Å². The first-order valence-corrected chi connectivity index (χ1v) is 9.92. The third-order valence-electron chi connectivity index (χ3n) is 5.25. The quantitative estimate of drug-likeness (QED) is 0.293. The molecule has 6 rings (SSSR count). The zero-order chi connectivity index (χ0) is 19.9. The van der Waals surface area contributed by atoms with Crippen molar-refractivity contribution in [2.75, 3.05) is 0 Å². The van der Waals surface area contributed by atoms with Gasteiger partial charge in [-0.05, 0) is 72.3 Å². The molecule has 0 atom stereocenters. The number of aromatic nitrogens is 4. The van der Waals surface area contributed by atoms with Crippen LogP contribution in [0, 0.1) is 0 Å². The molecular formula is C26H18FeN4. The number of fused-ring (bicyclic) bond motifs is 8.